The van der Waals surface area contributed by atoms with E-state index in [1.807, 2.05) is 51.2 Å². The molecule has 1 aromatic carbocycles. The first kappa shape index (κ1) is 17.8. The summed E-state index contributed by atoms with van der Waals surface area (Å²) in [4.78, 5) is 31.3. The van der Waals surface area contributed by atoms with Crippen LogP contribution in [0.15, 0.2) is 41.8 Å². The number of carbonyl (C=O) groups excluding carboxylic acids is 2. The van der Waals surface area contributed by atoms with Crippen molar-refractivity contribution in [3.05, 3.63) is 47.4 Å². The lowest BCUT2D eigenvalue weighted by Gasteiger charge is -2.33. The molecule has 2 aromatic rings. The summed E-state index contributed by atoms with van der Waals surface area (Å²) in [6, 6.07) is 7.39. The van der Waals surface area contributed by atoms with Gasteiger partial charge in [-0.25, -0.2) is 0 Å². The molecule has 2 heterocycles. The summed E-state index contributed by atoms with van der Waals surface area (Å²) in [7, 11) is 0. The molecule has 2 aliphatic rings. The first-order chi connectivity index (χ1) is 12.8. The lowest BCUT2D eigenvalue weighted by molar-refractivity contribution is -0.131. The van der Waals surface area contributed by atoms with Crippen LogP contribution < -0.4 is 0 Å². The van der Waals surface area contributed by atoms with Crippen LogP contribution in [-0.2, 0) is 9.59 Å². The zero-order valence-corrected chi connectivity index (χ0v) is 16.1. The van der Waals surface area contributed by atoms with Crippen molar-refractivity contribution in [1.29, 1.82) is 0 Å². The van der Waals surface area contributed by atoms with Crippen molar-refractivity contribution in [2.24, 2.45) is 5.41 Å². The second-order valence-electron chi connectivity index (χ2n) is 8.68. The fourth-order valence-corrected chi connectivity index (χ4v) is 4.44. The van der Waals surface area contributed by atoms with Crippen LogP contribution in [0.4, 0.5) is 0 Å². The molecule has 1 fully saturated rings. The number of Topliss-reactive ketones (excluding diaryl/α,β-unsaturated/α-hetero) is 1. The molecule has 1 aliphatic heterocycles. The molecule has 5 heteroatoms. The molecular weight excluding hydrogens is 340 g/mol. The number of ketones is 1. The van der Waals surface area contributed by atoms with Crippen molar-refractivity contribution < 1.29 is 14.7 Å². The van der Waals surface area contributed by atoms with E-state index in [1.165, 1.54) is 0 Å². The third-order valence-corrected chi connectivity index (χ3v) is 5.80. The molecule has 1 aromatic heterocycles. The SMILES string of the molecule is CC(C)(C)C(=O)C1=C(O)C(=O)N(C2CCCC2)C1c1c[nH]c2ccccc12. The van der Waals surface area contributed by atoms with Gasteiger partial charge >= 0.3 is 0 Å². The van der Waals surface area contributed by atoms with Gasteiger partial charge in [-0.05, 0) is 18.9 Å². The topological polar surface area (TPSA) is 73.4 Å². The molecular formula is C22H26N2O3. The number of carbonyl (C=O) groups is 2. The number of benzene rings is 1. The largest absolute Gasteiger partial charge is 0.503 e. The van der Waals surface area contributed by atoms with Gasteiger partial charge < -0.3 is 15.0 Å². The van der Waals surface area contributed by atoms with Crippen LogP contribution in [0.1, 0.15) is 58.1 Å². The molecule has 0 spiro atoms. The van der Waals surface area contributed by atoms with Gasteiger partial charge in [0.2, 0.25) is 0 Å². The number of nitrogens with one attached hydrogen (secondary N) is 1. The molecule has 0 radical (unpaired) electrons. The summed E-state index contributed by atoms with van der Waals surface area (Å²) in [5.74, 6) is -0.967. The van der Waals surface area contributed by atoms with E-state index in [2.05, 4.69) is 4.98 Å². The van der Waals surface area contributed by atoms with Gasteiger partial charge in [-0.1, -0.05) is 51.8 Å². The van der Waals surface area contributed by atoms with Crippen molar-refractivity contribution in [3.63, 3.8) is 0 Å². The number of aromatic nitrogens is 1. The highest BCUT2D eigenvalue weighted by molar-refractivity contribution is 6.11. The lowest BCUT2D eigenvalue weighted by atomic mass is 9.82. The molecule has 0 saturated heterocycles. The standard InChI is InChI=1S/C22H26N2O3/c1-22(2,3)20(26)17-18(15-12-23-16-11-7-6-10-14(15)16)24(21(27)19(17)25)13-8-4-5-9-13/h6-7,10-13,18,23,25H,4-5,8-9H2,1-3H3. The Bertz CT molecular complexity index is 942. The van der Waals surface area contributed by atoms with Gasteiger partial charge in [-0.3, -0.25) is 9.59 Å². The molecule has 1 amide bonds. The van der Waals surface area contributed by atoms with Crippen LogP contribution in [0.3, 0.4) is 0 Å². The number of fused-ring (bicyclic) bond motifs is 1. The van der Waals surface area contributed by atoms with E-state index in [9.17, 15) is 14.7 Å². The number of aliphatic hydroxyl groups excluding tert-OH is 1. The number of aromatic amines is 1. The Morgan fingerprint density at radius 1 is 1.19 bits per heavy atom. The third kappa shape index (κ3) is 2.76. The van der Waals surface area contributed by atoms with Crippen LogP contribution in [0.5, 0.6) is 0 Å². The Hall–Kier alpha value is -2.56. The average Bonchev–Trinajstić information content (AvgIpc) is 3.33. The summed E-state index contributed by atoms with van der Waals surface area (Å²) in [5.41, 5.74) is 1.39. The van der Waals surface area contributed by atoms with Gasteiger partial charge in [0.05, 0.1) is 11.6 Å². The molecule has 2 N–H and O–H groups in total. The highest BCUT2D eigenvalue weighted by Gasteiger charge is 2.49. The second-order valence-corrected chi connectivity index (χ2v) is 8.68. The predicted molar refractivity (Wildman–Crippen MR) is 104 cm³/mol. The minimum atomic E-state index is -0.681. The monoisotopic (exact) mass is 366 g/mol. The summed E-state index contributed by atoms with van der Waals surface area (Å²) in [6.07, 6.45) is 5.83. The van der Waals surface area contributed by atoms with Crippen molar-refractivity contribution in [1.82, 2.24) is 9.88 Å². The number of aliphatic hydroxyl groups is 1. The van der Waals surface area contributed by atoms with Crippen molar-refractivity contribution in [3.8, 4) is 0 Å². The van der Waals surface area contributed by atoms with E-state index in [4.69, 9.17) is 0 Å². The van der Waals surface area contributed by atoms with Crippen LogP contribution >= 0.6 is 0 Å². The Labute approximate surface area is 159 Å². The quantitative estimate of drug-likeness (QED) is 0.844. The Morgan fingerprint density at radius 2 is 1.85 bits per heavy atom. The predicted octanol–water partition coefficient (Wildman–Crippen LogP) is 4.42. The van der Waals surface area contributed by atoms with Crippen LogP contribution in [-0.4, -0.2) is 32.7 Å². The molecule has 4 rings (SSSR count). The number of rotatable bonds is 3. The first-order valence-electron chi connectivity index (χ1n) is 9.67. The number of para-hydroxylation sites is 1. The van der Waals surface area contributed by atoms with Gasteiger partial charge in [0, 0.05) is 34.1 Å². The smallest absolute Gasteiger partial charge is 0.290 e. The molecule has 1 atom stereocenters. The number of nitrogens with zero attached hydrogens (tertiary/aromatic N) is 1. The first-order valence-corrected chi connectivity index (χ1v) is 9.67. The number of hydrogen-bond acceptors (Lipinski definition) is 3. The molecule has 27 heavy (non-hydrogen) atoms. The molecule has 1 unspecified atom stereocenters. The van der Waals surface area contributed by atoms with Gasteiger partial charge in [-0.2, -0.15) is 0 Å². The maximum Gasteiger partial charge on any atom is 0.290 e. The van der Waals surface area contributed by atoms with Gasteiger partial charge in [0.25, 0.3) is 5.91 Å². The van der Waals surface area contributed by atoms with E-state index in [0.29, 0.717) is 0 Å². The zero-order chi connectivity index (χ0) is 19.3. The minimum absolute atomic E-state index is 0.0589. The fraction of sp³-hybridized carbons (Fsp3) is 0.455. The number of amides is 1. The third-order valence-electron chi connectivity index (χ3n) is 5.80. The highest BCUT2D eigenvalue weighted by Crippen LogP contribution is 2.46. The van der Waals surface area contributed by atoms with E-state index < -0.39 is 17.4 Å². The van der Waals surface area contributed by atoms with Crippen LogP contribution in [0.2, 0.25) is 0 Å². The van der Waals surface area contributed by atoms with Gasteiger partial charge in [-0.15, -0.1) is 0 Å². The van der Waals surface area contributed by atoms with E-state index in [0.717, 1.165) is 42.1 Å². The highest BCUT2D eigenvalue weighted by atomic mass is 16.3. The molecule has 1 saturated carbocycles. The zero-order valence-electron chi connectivity index (χ0n) is 16.1. The summed E-state index contributed by atoms with van der Waals surface area (Å²) < 4.78 is 0. The van der Waals surface area contributed by atoms with Crippen molar-refractivity contribution in [2.45, 2.75) is 58.5 Å². The van der Waals surface area contributed by atoms with E-state index in [-0.39, 0.29) is 23.2 Å². The molecule has 1 aliphatic carbocycles. The van der Waals surface area contributed by atoms with E-state index in [1.54, 1.807) is 4.90 Å². The fourth-order valence-electron chi connectivity index (χ4n) is 4.44. The normalized spacial score (nSPS) is 21.7. The lowest BCUT2D eigenvalue weighted by Crippen LogP contribution is -2.39. The van der Waals surface area contributed by atoms with Crippen molar-refractivity contribution >= 4 is 22.6 Å². The molecule has 0 bridgehead atoms. The van der Waals surface area contributed by atoms with Crippen LogP contribution in [0.25, 0.3) is 10.9 Å². The summed E-state index contributed by atoms with van der Waals surface area (Å²) in [5, 5.41) is 11.7. The van der Waals surface area contributed by atoms with Gasteiger partial charge in [0.1, 0.15) is 0 Å². The maximum absolute atomic E-state index is 13.2. The number of H-pyrrole nitrogens is 1. The van der Waals surface area contributed by atoms with E-state index >= 15 is 0 Å². The Balaban J connectivity index is 1.90. The Kier molecular flexibility index (Phi) is 4.13. The number of hydrogen-bond donors (Lipinski definition) is 2. The van der Waals surface area contributed by atoms with Gasteiger partial charge in [0.15, 0.2) is 11.5 Å². The minimum Gasteiger partial charge on any atom is -0.503 e. The van der Waals surface area contributed by atoms with Crippen molar-refractivity contribution in [2.75, 3.05) is 0 Å². The summed E-state index contributed by atoms with van der Waals surface area (Å²) >= 11 is 0. The maximum atomic E-state index is 13.2. The summed E-state index contributed by atoms with van der Waals surface area (Å²) in [6.45, 7) is 5.47. The second kappa shape index (κ2) is 6.25. The van der Waals surface area contributed by atoms with Crippen LogP contribution in [0, 0.1) is 5.41 Å². The molecule has 142 valence electrons. The Morgan fingerprint density at radius 3 is 2.52 bits per heavy atom. The molecule has 5 nitrogen and oxygen atoms in total. The average molecular weight is 366 g/mol.